The van der Waals surface area contributed by atoms with Crippen molar-refractivity contribution in [3.8, 4) is 5.69 Å². The lowest BCUT2D eigenvalue weighted by atomic mass is 10.1. The highest BCUT2D eigenvalue weighted by molar-refractivity contribution is 5.98. The van der Waals surface area contributed by atoms with Crippen molar-refractivity contribution < 1.29 is 9.18 Å². The number of benzene rings is 1. The van der Waals surface area contributed by atoms with Gasteiger partial charge in [-0.05, 0) is 31.2 Å². The molecule has 3 aromatic rings. The summed E-state index contributed by atoms with van der Waals surface area (Å²) in [6, 6.07) is 10.9. The van der Waals surface area contributed by atoms with E-state index < -0.39 is 5.95 Å². The second-order valence-electron chi connectivity index (χ2n) is 5.22. The van der Waals surface area contributed by atoms with Crippen molar-refractivity contribution in [2.24, 2.45) is 12.1 Å². The molecule has 24 heavy (non-hydrogen) atoms. The Balaban J connectivity index is 1.80. The monoisotopic (exact) mass is 325 g/mol. The molecule has 0 fully saturated rings. The van der Waals surface area contributed by atoms with Gasteiger partial charge in [-0.25, -0.2) is 10.1 Å². The summed E-state index contributed by atoms with van der Waals surface area (Å²) in [6.45, 7) is 1.67. The number of nitrogens with one attached hydrogen (secondary N) is 1. The maximum atomic E-state index is 13.8. The molecule has 0 spiro atoms. The van der Waals surface area contributed by atoms with Crippen LogP contribution in [0, 0.1) is 12.9 Å². The lowest BCUT2D eigenvalue weighted by molar-refractivity contribution is 0.0955. The number of amides is 1. The van der Waals surface area contributed by atoms with Gasteiger partial charge in [0.15, 0.2) is 0 Å². The van der Waals surface area contributed by atoms with Gasteiger partial charge in [0.25, 0.3) is 5.91 Å². The lowest BCUT2D eigenvalue weighted by Crippen LogP contribution is -2.19. The molecule has 1 aromatic carbocycles. The van der Waals surface area contributed by atoms with Crippen LogP contribution in [0.25, 0.3) is 5.69 Å². The van der Waals surface area contributed by atoms with E-state index in [9.17, 15) is 9.18 Å². The van der Waals surface area contributed by atoms with E-state index in [-0.39, 0.29) is 11.5 Å². The number of hydrogen-bond acceptors (Lipinski definition) is 3. The summed E-state index contributed by atoms with van der Waals surface area (Å²) in [5.74, 6) is -0.879. The van der Waals surface area contributed by atoms with Gasteiger partial charge in [0.05, 0.1) is 28.7 Å². The van der Waals surface area contributed by atoms with Gasteiger partial charge in [-0.2, -0.15) is 14.6 Å². The number of aryl methyl sites for hydroxylation is 2. The Morgan fingerprint density at radius 1 is 1.25 bits per heavy atom. The molecule has 6 nitrogen and oxygen atoms in total. The molecule has 0 aliphatic carbocycles. The fourth-order valence-electron chi connectivity index (χ4n) is 2.39. The minimum atomic E-state index is -0.502. The molecule has 0 bridgehead atoms. The summed E-state index contributed by atoms with van der Waals surface area (Å²) in [7, 11) is 1.51. The van der Waals surface area contributed by atoms with E-state index in [0.29, 0.717) is 11.3 Å². The van der Waals surface area contributed by atoms with E-state index in [4.69, 9.17) is 0 Å². The van der Waals surface area contributed by atoms with Crippen LogP contribution in [0.4, 0.5) is 4.39 Å². The van der Waals surface area contributed by atoms with Gasteiger partial charge in [0.2, 0.25) is 5.95 Å². The molecular formula is C17H16FN5O. The number of halogens is 1. The summed E-state index contributed by atoms with van der Waals surface area (Å²) in [5, 5.41) is 7.80. The molecule has 122 valence electrons. The van der Waals surface area contributed by atoms with Crippen molar-refractivity contribution in [1.29, 1.82) is 0 Å². The molecule has 0 saturated heterocycles. The first kappa shape index (κ1) is 15.7. The minimum absolute atomic E-state index is 0.247. The number of carbonyl (C=O) groups excluding carboxylic acids is 1. The predicted octanol–water partition coefficient (Wildman–Crippen LogP) is 2.42. The van der Waals surface area contributed by atoms with E-state index in [0.717, 1.165) is 10.4 Å². The van der Waals surface area contributed by atoms with Crippen LogP contribution in [0.5, 0.6) is 0 Å². The minimum Gasteiger partial charge on any atom is -0.323 e. The summed E-state index contributed by atoms with van der Waals surface area (Å²) in [6.07, 6.45) is 4.96. The maximum Gasteiger partial charge on any atom is 0.273 e. The molecule has 0 unspecified atom stereocenters. The maximum absolute atomic E-state index is 13.8. The van der Waals surface area contributed by atoms with Gasteiger partial charge in [0.1, 0.15) is 0 Å². The Labute approximate surface area is 138 Å². The fourth-order valence-corrected chi connectivity index (χ4v) is 2.39. The van der Waals surface area contributed by atoms with Crippen LogP contribution in [-0.2, 0) is 7.05 Å². The highest BCUT2D eigenvalue weighted by atomic mass is 19.1. The Hall–Kier alpha value is -3.22. The summed E-state index contributed by atoms with van der Waals surface area (Å²) < 4.78 is 16.8. The predicted molar refractivity (Wildman–Crippen MR) is 88.7 cm³/mol. The summed E-state index contributed by atoms with van der Waals surface area (Å²) >= 11 is 0. The van der Waals surface area contributed by atoms with Crippen molar-refractivity contribution in [1.82, 2.24) is 19.8 Å². The van der Waals surface area contributed by atoms with Crippen LogP contribution in [0.15, 0.2) is 53.9 Å². The molecule has 3 rings (SSSR count). The van der Waals surface area contributed by atoms with Crippen molar-refractivity contribution >= 4 is 12.1 Å². The Bertz CT molecular complexity index is 896. The second kappa shape index (κ2) is 6.49. The van der Waals surface area contributed by atoms with Gasteiger partial charge in [-0.3, -0.25) is 4.79 Å². The Morgan fingerprint density at radius 3 is 2.62 bits per heavy atom. The molecule has 0 aliphatic rings. The highest BCUT2D eigenvalue weighted by Gasteiger charge is 2.13. The molecule has 1 amide bonds. The van der Waals surface area contributed by atoms with Crippen molar-refractivity contribution in [2.75, 3.05) is 0 Å². The first-order valence-electron chi connectivity index (χ1n) is 7.33. The van der Waals surface area contributed by atoms with E-state index >= 15 is 0 Å². The third kappa shape index (κ3) is 2.96. The normalized spacial score (nSPS) is 11.1. The zero-order chi connectivity index (χ0) is 17.1. The van der Waals surface area contributed by atoms with Crippen molar-refractivity contribution in [3.05, 3.63) is 71.6 Å². The number of nitrogens with zero attached hydrogens (tertiary/aromatic N) is 4. The van der Waals surface area contributed by atoms with Gasteiger partial charge in [-0.1, -0.05) is 12.1 Å². The van der Waals surface area contributed by atoms with Gasteiger partial charge in [-0.15, -0.1) is 0 Å². The van der Waals surface area contributed by atoms with Crippen molar-refractivity contribution in [3.63, 3.8) is 0 Å². The third-order valence-corrected chi connectivity index (χ3v) is 3.59. The molecule has 1 N–H and O–H groups in total. The zero-order valence-electron chi connectivity index (χ0n) is 13.3. The number of carbonyl (C=O) groups is 1. The van der Waals surface area contributed by atoms with Crippen LogP contribution in [0.2, 0.25) is 0 Å². The average Bonchev–Trinajstić information content (AvgIpc) is 3.19. The number of hydrazone groups is 1. The van der Waals surface area contributed by atoms with E-state index in [1.54, 1.807) is 19.1 Å². The summed E-state index contributed by atoms with van der Waals surface area (Å²) in [5.41, 5.74) is 4.38. The standard InChI is InChI=1S/C17H16FN5O/c1-12-14(16(18)22(2)21-12)11-19-20-17(24)13-7-3-4-8-15(13)23-9-5-6-10-23/h3-11H,1-2H3,(H,20,24)/b19-11+. The molecule has 0 atom stereocenters. The zero-order valence-corrected chi connectivity index (χ0v) is 13.3. The highest BCUT2D eigenvalue weighted by Crippen LogP contribution is 2.14. The average molecular weight is 325 g/mol. The van der Waals surface area contributed by atoms with Crippen LogP contribution in [-0.4, -0.2) is 26.5 Å². The molecule has 0 radical (unpaired) electrons. The topological polar surface area (TPSA) is 64.2 Å². The Morgan fingerprint density at radius 2 is 1.96 bits per heavy atom. The van der Waals surface area contributed by atoms with Gasteiger partial charge >= 0.3 is 0 Å². The van der Waals surface area contributed by atoms with Crippen LogP contribution >= 0.6 is 0 Å². The summed E-state index contributed by atoms with van der Waals surface area (Å²) in [4.78, 5) is 12.4. The molecular weight excluding hydrogens is 309 g/mol. The van der Waals surface area contributed by atoms with Crippen LogP contribution < -0.4 is 5.43 Å². The lowest BCUT2D eigenvalue weighted by Gasteiger charge is -2.08. The number of hydrogen-bond donors (Lipinski definition) is 1. The SMILES string of the molecule is Cc1nn(C)c(F)c1/C=N/NC(=O)c1ccccc1-n1cccc1. The molecule has 0 saturated carbocycles. The quantitative estimate of drug-likeness (QED) is 0.591. The largest absolute Gasteiger partial charge is 0.323 e. The van der Waals surface area contributed by atoms with Crippen LogP contribution in [0.3, 0.4) is 0 Å². The molecule has 2 heterocycles. The molecule has 2 aromatic heterocycles. The van der Waals surface area contributed by atoms with Gasteiger partial charge in [0, 0.05) is 19.4 Å². The van der Waals surface area contributed by atoms with Gasteiger partial charge < -0.3 is 4.57 Å². The van der Waals surface area contributed by atoms with E-state index in [1.807, 2.05) is 41.2 Å². The number of para-hydroxylation sites is 1. The number of rotatable bonds is 4. The number of aromatic nitrogens is 3. The fraction of sp³-hybridized carbons (Fsp3) is 0.118. The third-order valence-electron chi connectivity index (χ3n) is 3.59. The second-order valence-corrected chi connectivity index (χ2v) is 5.22. The van der Waals surface area contributed by atoms with E-state index in [2.05, 4.69) is 15.6 Å². The molecule has 0 aliphatic heterocycles. The Kier molecular flexibility index (Phi) is 4.24. The smallest absolute Gasteiger partial charge is 0.273 e. The van der Waals surface area contributed by atoms with Crippen molar-refractivity contribution in [2.45, 2.75) is 6.92 Å². The van der Waals surface area contributed by atoms with E-state index in [1.165, 1.54) is 13.3 Å². The van der Waals surface area contributed by atoms with Crippen LogP contribution in [0.1, 0.15) is 21.6 Å². The molecule has 7 heteroatoms. The first-order valence-corrected chi connectivity index (χ1v) is 7.33. The first-order chi connectivity index (χ1) is 11.6.